The third-order valence-electron chi connectivity index (χ3n) is 0.863. The lowest BCUT2D eigenvalue weighted by molar-refractivity contribution is 0.612. The van der Waals surface area contributed by atoms with E-state index in [4.69, 9.17) is 0 Å². The highest BCUT2D eigenvalue weighted by atomic mass is 79.9. The molecule has 52 valence electrons. The van der Waals surface area contributed by atoms with Gasteiger partial charge in [-0.2, -0.15) is 0 Å². The van der Waals surface area contributed by atoms with Crippen molar-refractivity contribution in [3.05, 3.63) is 30.6 Å². The Morgan fingerprint density at radius 1 is 1.50 bits per heavy atom. The molecule has 0 unspecified atom stereocenters. The minimum absolute atomic E-state index is 0.404. The van der Waals surface area contributed by atoms with Crippen LogP contribution < -0.4 is 0 Å². The van der Waals surface area contributed by atoms with Crippen LogP contribution in [-0.4, -0.2) is 9.97 Å². The van der Waals surface area contributed by atoms with Crippen LogP contribution in [0.1, 0.15) is 5.82 Å². The largest absolute Gasteiger partial charge is 0.233 e. The molecule has 0 spiro atoms. The third-order valence-corrected chi connectivity index (χ3v) is 1.22. The molecular weight excluding hydrogens is 199 g/mol. The number of nitrogens with zero attached hydrogens (tertiary/aromatic N) is 2. The summed E-state index contributed by atoms with van der Waals surface area (Å²) >= 11 is 3.07. The van der Waals surface area contributed by atoms with E-state index in [9.17, 15) is 4.39 Å². The van der Waals surface area contributed by atoms with E-state index in [2.05, 4.69) is 32.5 Å². The second-order valence-corrected chi connectivity index (χ2v) is 2.59. The molecule has 1 heterocycles. The summed E-state index contributed by atoms with van der Waals surface area (Å²) in [4.78, 5) is 7.29. The molecule has 0 radical (unpaired) electrons. The fourth-order valence-electron chi connectivity index (χ4n) is 0.452. The minimum atomic E-state index is -0.447. The quantitative estimate of drug-likeness (QED) is 0.697. The fraction of sp³-hybridized carbons (Fsp3) is 0. The van der Waals surface area contributed by atoms with Crippen LogP contribution >= 0.6 is 15.9 Å². The Kier molecular flexibility index (Phi) is 2.11. The van der Waals surface area contributed by atoms with E-state index in [0.29, 0.717) is 10.3 Å². The van der Waals surface area contributed by atoms with Crippen LogP contribution in [0.3, 0.4) is 0 Å². The monoisotopic (exact) mass is 202 g/mol. The number of hydrogen-bond donors (Lipinski definition) is 0. The van der Waals surface area contributed by atoms with Crippen LogP contribution in [0, 0.1) is 5.82 Å². The van der Waals surface area contributed by atoms with Crippen molar-refractivity contribution in [2.45, 2.75) is 0 Å². The summed E-state index contributed by atoms with van der Waals surface area (Å²) in [6.45, 7) is 3.52. The highest BCUT2D eigenvalue weighted by Gasteiger charge is 1.96. The van der Waals surface area contributed by atoms with Gasteiger partial charge in [0.2, 0.25) is 0 Å². The fourth-order valence-corrected chi connectivity index (χ4v) is 0.657. The van der Waals surface area contributed by atoms with Gasteiger partial charge in [-0.25, -0.2) is 14.4 Å². The van der Waals surface area contributed by atoms with E-state index in [1.165, 1.54) is 0 Å². The molecule has 0 amide bonds. The Labute approximate surface area is 65.9 Å². The van der Waals surface area contributed by atoms with E-state index >= 15 is 0 Å². The van der Waals surface area contributed by atoms with Gasteiger partial charge >= 0.3 is 0 Å². The van der Waals surface area contributed by atoms with Crippen molar-refractivity contribution in [2.75, 3.05) is 0 Å². The zero-order chi connectivity index (χ0) is 7.56. The summed E-state index contributed by atoms with van der Waals surface area (Å²) in [5.41, 5.74) is 0. The van der Waals surface area contributed by atoms with E-state index in [1.807, 2.05) is 0 Å². The van der Waals surface area contributed by atoms with Gasteiger partial charge in [-0.05, 0) is 15.9 Å². The van der Waals surface area contributed by atoms with Crippen molar-refractivity contribution in [1.82, 2.24) is 9.97 Å². The third kappa shape index (κ3) is 1.60. The number of halogens is 2. The molecule has 10 heavy (non-hydrogen) atoms. The molecule has 0 aliphatic rings. The van der Waals surface area contributed by atoms with Gasteiger partial charge in [0.15, 0.2) is 11.6 Å². The lowest BCUT2D eigenvalue weighted by Crippen LogP contribution is -1.89. The maximum Gasteiger partial charge on any atom is 0.165 e. The summed E-state index contributed by atoms with van der Waals surface area (Å²) < 4.78 is 12.7. The Morgan fingerprint density at radius 2 is 2.00 bits per heavy atom. The zero-order valence-corrected chi connectivity index (χ0v) is 6.60. The summed E-state index contributed by atoms with van der Waals surface area (Å²) in [6, 6.07) is 0. The number of rotatable bonds is 1. The van der Waals surface area contributed by atoms with Gasteiger partial charge in [0, 0.05) is 0 Å². The highest BCUT2D eigenvalue weighted by Crippen LogP contribution is 2.12. The van der Waals surface area contributed by atoms with Gasteiger partial charge in [0.25, 0.3) is 0 Å². The molecule has 0 fully saturated rings. The van der Waals surface area contributed by atoms with Crippen LogP contribution in [0.2, 0.25) is 0 Å². The maximum absolute atomic E-state index is 12.2. The standard InChI is InChI=1S/C6H4BrFN2/c1-4(7)6-9-2-5(8)3-10-6/h2-3H,1H2. The van der Waals surface area contributed by atoms with Crippen molar-refractivity contribution < 1.29 is 4.39 Å². The molecule has 4 heteroatoms. The Balaban J connectivity index is 3.00. The molecule has 0 aromatic carbocycles. The molecule has 0 aliphatic carbocycles. The predicted molar refractivity (Wildman–Crippen MR) is 40.0 cm³/mol. The van der Waals surface area contributed by atoms with Crippen LogP contribution in [0.15, 0.2) is 19.0 Å². The van der Waals surface area contributed by atoms with Gasteiger partial charge in [-0.15, -0.1) is 0 Å². The van der Waals surface area contributed by atoms with Crippen molar-refractivity contribution in [1.29, 1.82) is 0 Å². The van der Waals surface area contributed by atoms with Crippen molar-refractivity contribution in [2.24, 2.45) is 0 Å². The van der Waals surface area contributed by atoms with Gasteiger partial charge < -0.3 is 0 Å². The van der Waals surface area contributed by atoms with E-state index in [-0.39, 0.29) is 0 Å². The van der Waals surface area contributed by atoms with Crippen molar-refractivity contribution in [3.8, 4) is 0 Å². The molecule has 2 nitrogen and oxygen atoms in total. The van der Waals surface area contributed by atoms with Gasteiger partial charge in [0.05, 0.1) is 16.9 Å². The summed E-state index contributed by atoms with van der Waals surface area (Å²) in [5, 5.41) is 0. The Hall–Kier alpha value is -0.770. The average Bonchev–Trinajstić information content (AvgIpc) is 1.88. The second kappa shape index (κ2) is 2.88. The Morgan fingerprint density at radius 3 is 2.40 bits per heavy atom. The van der Waals surface area contributed by atoms with Crippen molar-refractivity contribution in [3.63, 3.8) is 0 Å². The van der Waals surface area contributed by atoms with Crippen LogP contribution in [-0.2, 0) is 0 Å². The maximum atomic E-state index is 12.2. The van der Waals surface area contributed by atoms with Crippen LogP contribution in [0.4, 0.5) is 4.39 Å². The first kappa shape index (κ1) is 7.34. The molecule has 1 aromatic rings. The molecule has 0 saturated carbocycles. The minimum Gasteiger partial charge on any atom is -0.233 e. The normalized spacial score (nSPS) is 9.40. The first-order chi connectivity index (χ1) is 4.70. The first-order valence-electron chi connectivity index (χ1n) is 2.52. The number of hydrogen-bond acceptors (Lipinski definition) is 2. The SMILES string of the molecule is C=C(Br)c1ncc(F)cn1. The van der Waals surface area contributed by atoms with E-state index in [0.717, 1.165) is 12.4 Å². The summed E-state index contributed by atoms with van der Waals surface area (Å²) in [7, 11) is 0. The molecule has 0 atom stereocenters. The van der Waals surface area contributed by atoms with E-state index < -0.39 is 5.82 Å². The van der Waals surface area contributed by atoms with Gasteiger partial charge in [-0.1, -0.05) is 6.58 Å². The molecular formula is C6H4BrFN2. The first-order valence-corrected chi connectivity index (χ1v) is 3.32. The smallest absolute Gasteiger partial charge is 0.165 e. The molecule has 0 saturated heterocycles. The Bertz CT molecular complexity index is 244. The summed E-state index contributed by atoms with van der Waals surface area (Å²) in [5.74, 6) is -0.0427. The zero-order valence-electron chi connectivity index (χ0n) is 5.01. The predicted octanol–water partition coefficient (Wildman–Crippen LogP) is 1.98. The molecule has 0 N–H and O–H groups in total. The lowest BCUT2D eigenvalue weighted by atomic mass is 10.5. The van der Waals surface area contributed by atoms with Crippen LogP contribution in [0.25, 0.3) is 4.48 Å². The van der Waals surface area contributed by atoms with Gasteiger partial charge in [0.1, 0.15) is 0 Å². The second-order valence-electron chi connectivity index (χ2n) is 1.63. The molecule has 0 aliphatic heterocycles. The average molecular weight is 203 g/mol. The highest BCUT2D eigenvalue weighted by molar-refractivity contribution is 9.15. The van der Waals surface area contributed by atoms with Crippen LogP contribution in [0.5, 0.6) is 0 Å². The molecule has 1 rings (SSSR count). The number of aromatic nitrogens is 2. The topological polar surface area (TPSA) is 25.8 Å². The molecule has 0 bridgehead atoms. The molecule has 1 aromatic heterocycles. The summed E-state index contributed by atoms with van der Waals surface area (Å²) in [6.07, 6.45) is 2.18. The lowest BCUT2D eigenvalue weighted by Gasteiger charge is -1.92. The van der Waals surface area contributed by atoms with Crippen molar-refractivity contribution >= 4 is 20.4 Å². The van der Waals surface area contributed by atoms with E-state index in [1.54, 1.807) is 0 Å². The van der Waals surface area contributed by atoms with Gasteiger partial charge in [-0.3, -0.25) is 0 Å².